The highest BCUT2D eigenvalue weighted by atomic mass is 16.5. The molecule has 1 unspecified atom stereocenters. The molecule has 114 valence electrons. The molecule has 0 amide bonds. The summed E-state index contributed by atoms with van der Waals surface area (Å²) in [5.74, 6) is 0.591. The number of anilines is 2. The van der Waals surface area contributed by atoms with Gasteiger partial charge in [0.05, 0.1) is 25.9 Å². The van der Waals surface area contributed by atoms with E-state index in [4.69, 9.17) is 19.9 Å². The van der Waals surface area contributed by atoms with Crippen LogP contribution in [-0.2, 0) is 9.47 Å². The van der Waals surface area contributed by atoms with Crippen molar-refractivity contribution in [2.75, 3.05) is 51.2 Å². The molecule has 8 nitrogen and oxygen atoms in total. The van der Waals surface area contributed by atoms with Crippen molar-refractivity contribution in [3.63, 3.8) is 0 Å². The van der Waals surface area contributed by atoms with Crippen molar-refractivity contribution in [1.29, 1.82) is 0 Å². The minimum atomic E-state index is 0.0754. The van der Waals surface area contributed by atoms with Gasteiger partial charge < -0.3 is 24.8 Å². The van der Waals surface area contributed by atoms with Crippen LogP contribution in [-0.4, -0.2) is 61.6 Å². The second-order valence-electron chi connectivity index (χ2n) is 4.20. The van der Waals surface area contributed by atoms with E-state index in [1.54, 1.807) is 14.2 Å². The Labute approximate surface area is 119 Å². The fraction of sp³-hybridized carbons (Fsp3) is 0.750. The maximum absolute atomic E-state index is 5.70. The topological polar surface area (TPSA) is 95.6 Å². The van der Waals surface area contributed by atoms with E-state index in [-0.39, 0.29) is 18.0 Å². The van der Waals surface area contributed by atoms with Crippen LogP contribution in [0.2, 0.25) is 0 Å². The molecule has 0 aliphatic rings. The van der Waals surface area contributed by atoms with Gasteiger partial charge in [-0.3, -0.25) is 0 Å². The lowest BCUT2D eigenvalue weighted by Gasteiger charge is -2.28. The highest BCUT2D eigenvalue weighted by molar-refractivity contribution is 5.37. The molecule has 0 aliphatic heterocycles. The molecule has 0 aliphatic carbocycles. The number of aromatic nitrogens is 3. The molecule has 20 heavy (non-hydrogen) atoms. The van der Waals surface area contributed by atoms with Crippen LogP contribution in [0.25, 0.3) is 0 Å². The number of hydrogen-bond acceptors (Lipinski definition) is 8. The molecule has 0 spiro atoms. The largest absolute Gasteiger partial charge is 0.464 e. The third-order valence-electron chi connectivity index (χ3n) is 2.63. The van der Waals surface area contributed by atoms with E-state index in [0.29, 0.717) is 32.3 Å². The number of nitrogens with zero attached hydrogens (tertiary/aromatic N) is 4. The van der Waals surface area contributed by atoms with Crippen molar-refractivity contribution in [2.45, 2.75) is 19.9 Å². The Balaban J connectivity index is 2.98. The van der Waals surface area contributed by atoms with E-state index in [0.717, 1.165) is 0 Å². The van der Waals surface area contributed by atoms with Crippen molar-refractivity contribution in [3.8, 4) is 6.01 Å². The van der Waals surface area contributed by atoms with Gasteiger partial charge in [-0.15, -0.1) is 0 Å². The van der Waals surface area contributed by atoms with Gasteiger partial charge in [-0.2, -0.15) is 15.0 Å². The van der Waals surface area contributed by atoms with Gasteiger partial charge in [0.1, 0.15) is 0 Å². The smallest absolute Gasteiger partial charge is 0.323 e. The summed E-state index contributed by atoms with van der Waals surface area (Å²) in [5, 5.41) is 0. The van der Waals surface area contributed by atoms with Gasteiger partial charge in [-0.05, 0) is 13.8 Å². The van der Waals surface area contributed by atoms with Gasteiger partial charge in [0.2, 0.25) is 11.9 Å². The quantitative estimate of drug-likeness (QED) is 0.694. The Morgan fingerprint density at radius 1 is 1.20 bits per heavy atom. The normalized spacial score (nSPS) is 12.2. The number of hydrogen-bond donors (Lipinski definition) is 1. The van der Waals surface area contributed by atoms with E-state index in [2.05, 4.69) is 15.0 Å². The molecule has 8 heteroatoms. The van der Waals surface area contributed by atoms with Crippen LogP contribution in [0.15, 0.2) is 0 Å². The minimum absolute atomic E-state index is 0.0754. The molecule has 0 bridgehead atoms. The van der Waals surface area contributed by atoms with E-state index in [9.17, 15) is 0 Å². The summed E-state index contributed by atoms with van der Waals surface area (Å²) in [6, 6.07) is 0.300. The molecule has 0 fully saturated rings. The maximum atomic E-state index is 5.70. The molecule has 0 saturated carbocycles. The van der Waals surface area contributed by atoms with Crippen LogP contribution in [0.4, 0.5) is 11.9 Å². The molecule has 1 rings (SSSR count). The second kappa shape index (κ2) is 8.49. The predicted molar refractivity (Wildman–Crippen MR) is 76.0 cm³/mol. The van der Waals surface area contributed by atoms with Gasteiger partial charge in [0.15, 0.2) is 0 Å². The SMILES string of the molecule is CCOc1nc(N)nc(N(CCOC)C(C)COC)n1. The molecule has 1 heterocycles. The fourth-order valence-electron chi connectivity index (χ4n) is 1.72. The molecule has 1 atom stereocenters. The van der Waals surface area contributed by atoms with E-state index < -0.39 is 0 Å². The van der Waals surface area contributed by atoms with Crippen LogP contribution in [0.3, 0.4) is 0 Å². The van der Waals surface area contributed by atoms with Gasteiger partial charge in [-0.25, -0.2) is 0 Å². The number of nitrogen functional groups attached to an aromatic ring is 1. The Kier molecular flexibility index (Phi) is 6.96. The first kappa shape index (κ1) is 16.4. The van der Waals surface area contributed by atoms with Crippen LogP contribution < -0.4 is 15.4 Å². The van der Waals surface area contributed by atoms with Crippen molar-refractivity contribution in [3.05, 3.63) is 0 Å². The lowest BCUT2D eigenvalue weighted by molar-refractivity contribution is 0.170. The zero-order chi connectivity index (χ0) is 15.0. The fourth-order valence-corrected chi connectivity index (χ4v) is 1.72. The first-order chi connectivity index (χ1) is 9.62. The second-order valence-corrected chi connectivity index (χ2v) is 4.20. The number of methoxy groups -OCH3 is 2. The zero-order valence-electron chi connectivity index (χ0n) is 12.5. The predicted octanol–water partition coefficient (Wildman–Crippen LogP) is 0.340. The molecule has 2 N–H and O–H groups in total. The van der Waals surface area contributed by atoms with Gasteiger partial charge in [-0.1, -0.05) is 0 Å². The Hall–Kier alpha value is -1.67. The van der Waals surface area contributed by atoms with E-state index in [1.807, 2.05) is 18.7 Å². The van der Waals surface area contributed by atoms with E-state index in [1.165, 1.54) is 0 Å². The number of rotatable bonds is 9. The molecule has 1 aromatic heterocycles. The summed E-state index contributed by atoms with van der Waals surface area (Å²) >= 11 is 0. The Morgan fingerprint density at radius 2 is 1.95 bits per heavy atom. The van der Waals surface area contributed by atoms with Gasteiger partial charge in [0.25, 0.3) is 0 Å². The van der Waals surface area contributed by atoms with Crippen LogP contribution >= 0.6 is 0 Å². The highest BCUT2D eigenvalue weighted by Gasteiger charge is 2.19. The summed E-state index contributed by atoms with van der Waals surface area (Å²) in [7, 11) is 3.30. The van der Waals surface area contributed by atoms with Crippen LogP contribution in [0, 0.1) is 0 Å². The maximum Gasteiger partial charge on any atom is 0.323 e. The summed E-state index contributed by atoms with van der Waals surface area (Å²) in [6.45, 7) is 6.04. The van der Waals surface area contributed by atoms with Crippen molar-refractivity contribution in [1.82, 2.24) is 15.0 Å². The van der Waals surface area contributed by atoms with E-state index >= 15 is 0 Å². The standard InChI is InChI=1S/C12H23N5O3/c1-5-20-12-15-10(13)14-11(16-12)17(6-7-18-3)9(2)8-19-4/h9H,5-8H2,1-4H3,(H2,13,14,15,16). The number of ether oxygens (including phenoxy) is 3. The first-order valence-corrected chi connectivity index (χ1v) is 6.51. The number of nitrogens with two attached hydrogens (primary N) is 1. The van der Waals surface area contributed by atoms with Gasteiger partial charge >= 0.3 is 6.01 Å². The third-order valence-corrected chi connectivity index (χ3v) is 2.63. The minimum Gasteiger partial charge on any atom is -0.464 e. The lowest BCUT2D eigenvalue weighted by atomic mass is 10.3. The molecule has 0 aromatic carbocycles. The molecular formula is C12H23N5O3. The molecule has 0 saturated heterocycles. The van der Waals surface area contributed by atoms with Crippen molar-refractivity contribution >= 4 is 11.9 Å². The average molecular weight is 285 g/mol. The van der Waals surface area contributed by atoms with Crippen molar-refractivity contribution < 1.29 is 14.2 Å². The Bertz CT molecular complexity index is 405. The van der Waals surface area contributed by atoms with Crippen molar-refractivity contribution in [2.24, 2.45) is 0 Å². The molecule has 0 radical (unpaired) electrons. The summed E-state index contributed by atoms with van der Waals surface area (Å²) in [6.07, 6.45) is 0. The summed E-state index contributed by atoms with van der Waals surface area (Å²) < 4.78 is 15.6. The molecular weight excluding hydrogens is 262 g/mol. The lowest BCUT2D eigenvalue weighted by Crippen LogP contribution is -2.40. The first-order valence-electron chi connectivity index (χ1n) is 6.51. The highest BCUT2D eigenvalue weighted by Crippen LogP contribution is 2.16. The Morgan fingerprint density at radius 3 is 2.55 bits per heavy atom. The zero-order valence-corrected chi connectivity index (χ0v) is 12.5. The van der Waals surface area contributed by atoms with Crippen LogP contribution in [0.1, 0.15) is 13.8 Å². The summed E-state index contributed by atoms with van der Waals surface area (Å²) in [5.41, 5.74) is 5.70. The van der Waals surface area contributed by atoms with Gasteiger partial charge in [0, 0.05) is 20.8 Å². The average Bonchev–Trinajstić information content (AvgIpc) is 2.39. The third kappa shape index (κ3) is 4.78. The molecule has 1 aromatic rings. The monoisotopic (exact) mass is 285 g/mol. The summed E-state index contributed by atoms with van der Waals surface area (Å²) in [4.78, 5) is 14.3. The van der Waals surface area contributed by atoms with Crippen LogP contribution in [0.5, 0.6) is 6.01 Å².